The fourth-order valence-corrected chi connectivity index (χ4v) is 16.3. The number of aromatic nitrogens is 4. The number of para-hydroxylation sites is 2. The first-order valence-corrected chi connectivity index (χ1v) is 46.3. The molecule has 139 heavy (non-hydrogen) atoms. The van der Waals surface area contributed by atoms with Crippen LogP contribution in [0.2, 0.25) is 0 Å². The van der Waals surface area contributed by atoms with Crippen LogP contribution in [0.4, 0.5) is 0 Å². The molecule has 1 saturated heterocycles. The molecule has 0 spiro atoms. The van der Waals surface area contributed by atoms with Gasteiger partial charge in [-0.15, -0.1) is 11.8 Å². The largest absolute Gasteiger partial charge is 0.508 e. The lowest BCUT2D eigenvalue weighted by molar-refractivity contribution is -0.142. The number of rotatable bonds is 24. The zero-order chi connectivity index (χ0) is 101. The summed E-state index contributed by atoms with van der Waals surface area (Å²) in [4.78, 5) is 248. The van der Waals surface area contributed by atoms with Gasteiger partial charge in [-0.1, -0.05) is 119 Å². The predicted molar refractivity (Wildman–Crippen MR) is 507 cm³/mol. The number of hydrogen-bond donors (Lipinski definition) is 25. The number of hydrogen-bond acceptors (Lipinski definition) is 24. The van der Waals surface area contributed by atoms with Crippen LogP contribution in [-0.4, -0.2) is 259 Å². The quantitative estimate of drug-likeness (QED) is 0.0365. The number of nitrogens with zero attached hydrogens (tertiary/aromatic N) is 1. The summed E-state index contributed by atoms with van der Waals surface area (Å²) in [5, 5.41) is 112. The van der Waals surface area contributed by atoms with Crippen LogP contribution >= 0.6 is 11.8 Å². The highest BCUT2D eigenvalue weighted by atomic mass is 32.2. The van der Waals surface area contributed by atoms with Gasteiger partial charge in [-0.05, 0) is 133 Å². The first-order chi connectivity index (χ1) is 66.3. The number of nitrogens with two attached hydrogens (primary N) is 1. The number of carboxylic acid groups (broad SMARTS) is 1. The fourth-order valence-electron chi connectivity index (χ4n) is 15.4. The normalized spacial score (nSPS) is 23.2. The molecule has 1 aliphatic rings. The molecule has 0 unspecified atom stereocenters. The molecule has 43 heteroatoms. The highest BCUT2D eigenvalue weighted by molar-refractivity contribution is 8.00. The Balaban J connectivity index is 1.03. The van der Waals surface area contributed by atoms with E-state index >= 15 is 33.6 Å². The SMILES string of the molecule is CC[C@H](C)[C@@H]1NC(=O)[C@H](CC(C)C)NC(=O)[C@@H](Cc2ccc(O)cc2)NC(=O)CSC[C@@H](C(=O)O)NC(=O)[C@H](CO)NC(=O)[C@H](Cc2c[nH]cn2)NC(=O)[C@H](CCC(N)=O)NC(=O)[C@H](Cc2c[nH]c3ccccc23)NC(=O)[C@H](Cc2c[nH]c3ccccc23)NC(=O)[C@H]([C@@H](C)O)NC(=O)[C@H](Cc2ccc(O)cc2)NC(=O)[C@H](Cc2ccc(O)cc2)NC(=O)[C@H](C)NC(=O)[C@H](Cc2ccc(O)cc2)NC1=O. The number of carbonyl (C=O) groups is 16. The molecule has 0 radical (unpaired) electrons. The summed E-state index contributed by atoms with van der Waals surface area (Å²) in [6.45, 7) is 7.98. The number of fused-ring (bicyclic) bond motifs is 2. The Kier molecular flexibility index (Phi) is 38.3. The number of imidazole rings is 1. The van der Waals surface area contributed by atoms with E-state index in [-0.39, 0.29) is 72.3 Å². The maximum atomic E-state index is 15.7. The highest BCUT2D eigenvalue weighted by Gasteiger charge is 2.41. The number of nitrogens with one attached hydrogen (secondary N) is 17. The van der Waals surface area contributed by atoms with Crippen LogP contribution in [0.1, 0.15) is 106 Å². The summed E-state index contributed by atoms with van der Waals surface area (Å²) < 4.78 is 0. The van der Waals surface area contributed by atoms with Crippen molar-refractivity contribution in [3.63, 3.8) is 0 Å². The molecule has 0 saturated carbocycles. The van der Waals surface area contributed by atoms with E-state index in [1.54, 1.807) is 88.6 Å². The van der Waals surface area contributed by atoms with Crippen molar-refractivity contribution in [2.45, 2.75) is 203 Å². The molecule has 26 N–H and O–H groups in total. The molecule has 15 amide bonds. The van der Waals surface area contributed by atoms with Crippen molar-refractivity contribution in [2.75, 3.05) is 18.1 Å². The van der Waals surface area contributed by atoms with E-state index in [0.717, 1.165) is 6.92 Å². The molecule has 3 aromatic heterocycles. The van der Waals surface area contributed by atoms with E-state index in [4.69, 9.17) is 5.73 Å². The Morgan fingerprint density at radius 1 is 0.417 bits per heavy atom. The third-order valence-electron chi connectivity index (χ3n) is 23.3. The van der Waals surface area contributed by atoms with Gasteiger partial charge in [0.15, 0.2) is 0 Å². The number of aromatic amines is 3. The molecule has 0 bridgehead atoms. The van der Waals surface area contributed by atoms with Crippen molar-refractivity contribution in [1.82, 2.24) is 94.4 Å². The molecule has 6 aromatic carbocycles. The molecule has 1 aliphatic heterocycles. The van der Waals surface area contributed by atoms with Gasteiger partial charge in [-0.2, -0.15) is 0 Å². The molecule has 1 fully saturated rings. The van der Waals surface area contributed by atoms with Crippen molar-refractivity contribution in [1.29, 1.82) is 0 Å². The topological polar surface area (TPSA) is 669 Å². The molecule has 10 rings (SSSR count). The highest BCUT2D eigenvalue weighted by Crippen LogP contribution is 2.25. The molecular formula is C96H117N19O23S. The van der Waals surface area contributed by atoms with Crippen molar-refractivity contribution < 1.29 is 112 Å². The fraction of sp³-hybridized carbons (Fsp3) is 0.385. The number of carbonyl (C=O) groups excluding carboxylic acids is 15. The third kappa shape index (κ3) is 31.3. The second kappa shape index (κ2) is 50.4. The number of aliphatic carboxylic acids is 1. The second-order valence-corrected chi connectivity index (χ2v) is 35.6. The minimum absolute atomic E-state index is 0.0786. The van der Waals surface area contributed by atoms with Crippen molar-refractivity contribution in [3.05, 3.63) is 210 Å². The summed E-state index contributed by atoms with van der Waals surface area (Å²) in [6.07, 6.45) is 0.0702. The number of aromatic hydroxyl groups is 4. The third-order valence-corrected chi connectivity index (χ3v) is 24.4. The number of benzene rings is 6. The van der Waals surface area contributed by atoms with Crippen molar-refractivity contribution in [2.24, 2.45) is 17.6 Å². The standard InChI is InChI=1S/C96H117N19O23S/c1-7-50(4)81-94(135)110-71(36-54-18-26-61(119)27-19-54)85(126)102-51(5)83(124)105-72(37-55-20-28-62(120)29-21-55)87(128)107-73(38-56-22-30-63(121)31-23-56)92(133)115-82(52(6)117)95(136)111-75(40-58-43-100-67-15-11-9-13-65(58)67)89(130)108-74(39-57-42-99-66-14-10-8-12-64(57)66)88(129)104-68(32-33-79(97)122)84(125)109-76(41-59-44-98-48-101-59)90(131)112-77(45-116)93(134)113-78(96(137)138)46-139-47-80(123)103-70(35-53-16-24-60(118)25-17-53)86(127)106-69(34-49(2)3)91(132)114-81/h8-31,42-44,48-52,68-78,81-82,99-100,116-121H,7,32-41,45-47H2,1-6H3,(H2,97,122)(H,98,101)(H,102,126)(H,103,123)(H,104,129)(H,105,124)(H,106,127)(H,107,128)(H,108,130)(H,109,125)(H,110,135)(H,111,136)(H,112,131)(H,113,134)(H,114,132)(H,115,133)(H,137,138)/t50-,51-,52+,68-,69-,70+,71-,72-,73-,74-,75-,76-,77-,78-,81-,82-/m0/s1. The smallest absolute Gasteiger partial charge is 0.327 e. The molecule has 16 atom stereocenters. The lowest BCUT2D eigenvalue weighted by Crippen LogP contribution is -2.63. The van der Waals surface area contributed by atoms with E-state index in [2.05, 4.69) is 94.4 Å². The van der Waals surface area contributed by atoms with Gasteiger partial charge in [0.05, 0.1) is 30.5 Å². The maximum absolute atomic E-state index is 15.7. The number of amides is 15. The number of thioether (sulfide) groups is 1. The average molecular weight is 1940 g/mol. The minimum Gasteiger partial charge on any atom is -0.508 e. The first-order valence-electron chi connectivity index (χ1n) is 45.1. The van der Waals surface area contributed by atoms with E-state index in [9.17, 15) is 78.9 Å². The summed E-state index contributed by atoms with van der Waals surface area (Å²) in [7, 11) is 0. The molecule has 42 nitrogen and oxygen atoms in total. The van der Waals surface area contributed by atoms with Crippen LogP contribution in [0, 0.1) is 11.8 Å². The number of phenols is 4. The average Bonchev–Trinajstić information content (AvgIpc) is 1.81. The van der Waals surface area contributed by atoms with Gasteiger partial charge >= 0.3 is 5.97 Å². The van der Waals surface area contributed by atoms with Crippen LogP contribution in [0.3, 0.4) is 0 Å². The zero-order valence-electron chi connectivity index (χ0n) is 77.0. The number of aliphatic hydroxyl groups is 2. The van der Waals surface area contributed by atoms with Crippen LogP contribution < -0.4 is 80.2 Å². The Labute approximate surface area is 802 Å². The Hall–Kier alpha value is -15.4. The van der Waals surface area contributed by atoms with Crippen molar-refractivity contribution >= 4 is 128 Å². The summed E-state index contributed by atoms with van der Waals surface area (Å²) in [5.41, 5.74) is 9.11. The second-order valence-electron chi connectivity index (χ2n) is 34.6. The summed E-state index contributed by atoms with van der Waals surface area (Å²) >= 11 is 0.656. The number of primary amides is 1. The lowest BCUT2D eigenvalue weighted by Gasteiger charge is -2.30. The predicted octanol–water partition coefficient (Wildman–Crippen LogP) is -0.437. The minimum atomic E-state index is -2.03. The number of phenolic OH excluding ortho intramolecular Hbond substituents is 4. The van der Waals surface area contributed by atoms with E-state index in [1.807, 2.05) is 0 Å². The zero-order valence-corrected chi connectivity index (χ0v) is 77.8. The lowest BCUT2D eigenvalue weighted by atomic mass is 9.95. The van der Waals surface area contributed by atoms with Gasteiger partial charge in [0.2, 0.25) is 88.6 Å². The van der Waals surface area contributed by atoms with E-state index in [1.165, 1.54) is 117 Å². The summed E-state index contributed by atoms with van der Waals surface area (Å²) in [6, 6.07) is 11.4. The number of H-pyrrole nitrogens is 3. The van der Waals surface area contributed by atoms with Crippen molar-refractivity contribution in [3.8, 4) is 23.0 Å². The Bertz CT molecular complexity index is 5820. The molecule has 0 aliphatic carbocycles. The first kappa shape index (κ1) is 106. The summed E-state index contributed by atoms with van der Waals surface area (Å²) in [5.74, 6) is -20.6. The molecule has 4 heterocycles. The van der Waals surface area contributed by atoms with Gasteiger partial charge in [0.1, 0.15) is 108 Å². The van der Waals surface area contributed by atoms with Gasteiger partial charge in [0, 0.05) is 97.5 Å². The monoisotopic (exact) mass is 1940 g/mol. The van der Waals surface area contributed by atoms with Gasteiger partial charge in [-0.3, -0.25) is 71.9 Å². The van der Waals surface area contributed by atoms with Crippen LogP contribution in [-0.2, 0) is 122 Å². The van der Waals surface area contributed by atoms with E-state index in [0.29, 0.717) is 61.4 Å². The maximum Gasteiger partial charge on any atom is 0.327 e. The van der Waals surface area contributed by atoms with Crippen LogP contribution in [0.15, 0.2) is 171 Å². The molecule has 9 aromatic rings. The molecule has 740 valence electrons. The number of carboxylic acids is 1. The van der Waals surface area contributed by atoms with Crippen LogP contribution in [0.25, 0.3) is 21.8 Å². The Morgan fingerprint density at radius 3 is 1.19 bits per heavy atom. The van der Waals surface area contributed by atoms with Crippen LogP contribution in [0.5, 0.6) is 23.0 Å². The van der Waals surface area contributed by atoms with Gasteiger partial charge < -0.3 is 131 Å². The van der Waals surface area contributed by atoms with Gasteiger partial charge in [-0.25, -0.2) is 9.78 Å². The number of aliphatic hydroxyl groups excluding tert-OH is 2. The van der Waals surface area contributed by atoms with Gasteiger partial charge in [0.25, 0.3) is 0 Å². The molecular weight excluding hydrogens is 1820 g/mol. The van der Waals surface area contributed by atoms with E-state index < -0.39 is 248 Å². The Morgan fingerprint density at radius 2 is 0.777 bits per heavy atom.